The number of likely N-dealkylation sites (N-methyl/N-ethyl adjacent to an activating group) is 1. The lowest BCUT2D eigenvalue weighted by atomic mass is 9.97. The maximum Gasteiger partial charge on any atom is 0.227 e. The fourth-order valence-corrected chi connectivity index (χ4v) is 7.08. The van der Waals surface area contributed by atoms with E-state index in [4.69, 9.17) is 19.4 Å². The van der Waals surface area contributed by atoms with Crippen LogP contribution in [0.2, 0.25) is 0 Å². The Hall–Kier alpha value is -3.01. The smallest absolute Gasteiger partial charge is 0.227 e. The molecule has 1 amide bonds. The van der Waals surface area contributed by atoms with Crippen LogP contribution in [0.1, 0.15) is 67.5 Å². The highest BCUT2D eigenvalue weighted by Gasteiger charge is 2.32. The number of aromatic nitrogens is 3. The minimum atomic E-state index is -1.09. The number of oxazole rings is 1. The molecular weight excluding hydrogens is 488 g/mol. The van der Waals surface area contributed by atoms with Gasteiger partial charge in [0.2, 0.25) is 11.9 Å². The van der Waals surface area contributed by atoms with E-state index >= 15 is 0 Å². The number of hydrogen-bond acceptors (Lipinski definition) is 8. The van der Waals surface area contributed by atoms with Gasteiger partial charge in [0.05, 0.1) is 16.5 Å². The van der Waals surface area contributed by atoms with Crippen molar-refractivity contribution in [2.75, 3.05) is 42.7 Å². The predicted molar refractivity (Wildman–Crippen MR) is 143 cm³/mol. The van der Waals surface area contributed by atoms with Crippen LogP contribution in [0.25, 0.3) is 5.57 Å². The van der Waals surface area contributed by atoms with Gasteiger partial charge >= 0.3 is 0 Å². The third kappa shape index (κ3) is 4.83. The monoisotopic (exact) mass is 522 g/mol. The molecule has 2 atom stereocenters. The molecule has 0 saturated carbocycles. The molecule has 1 N–H and O–H groups in total. The van der Waals surface area contributed by atoms with Crippen molar-refractivity contribution in [3.05, 3.63) is 41.3 Å². The highest BCUT2D eigenvalue weighted by atomic mass is 32.2. The molecule has 0 radical (unpaired) electrons. The SMILES string of the molecule is Cc1oc(C2CCN(c3nc4c(c(N[C@H]5CCC(=O)N(C)C5)n3)S(=O)CC4)CC2)nc1C1=CC=CCC1. The largest absolute Gasteiger partial charge is 0.445 e. The van der Waals surface area contributed by atoms with Crippen LogP contribution in [0, 0.1) is 6.92 Å². The number of nitrogens with one attached hydrogen (secondary N) is 1. The third-order valence-electron chi connectivity index (χ3n) is 7.90. The Kier molecular flexibility index (Phi) is 6.60. The van der Waals surface area contributed by atoms with Crippen LogP contribution >= 0.6 is 0 Å². The first-order chi connectivity index (χ1) is 18.0. The van der Waals surface area contributed by atoms with E-state index in [2.05, 4.69) is 28.4 Å². The molecule has 1 aliphatic carbocycles. The van der Waals surface area contributed by atoms with E-state index in [9.17, 15) is 9.00 Å². The number of nitrogens with zero attached hydrogens (tertiary/aromatic N) is 5. The van der Waals surface area contributed by atoms with Crippen LogP contribution < -0.4 is 10.2 Å². The van der Waals surface area contributed by atoms with Crippen LogP contribution in [0.15, 0.2) is 27.5 Å². The van der Waals surface area contributed by atoms with Gasteiger partial charge in [0.1, 0.15) is 22.2 Å². The van der Waals surface area contributed by atoms with Crippen molar-refractivity contribution < 1.29 is 13.4 Å². The number of allylic oxidation sites excluding steroid dienone is 4. The highest BCUT2D eigenvalue weighted by Crippen LogP contribution is 2.35. The van der Waals surface area contributed by atoms with E-state index in [1.165, 1.54) is 5.57 Å². The lowest BCUT2D eigenvalue weighted by Gasteiger charge is -2.32. The first-order valence-corrected chi connectivity index (χ1v) is 14.7. The molecule has 0 bridgehead atoms. The van der Waals surface area contributed by atoms with Gasteiger partial charge < -0.3 is 19.5 Å². The van der Waals surface area contributed by atoms with Gasteiger partial charge in [0, 0.05) is 57.2 Å². The second-order valence-electron chi connectivity index (χ2n) is 10.5. The van der Waals surface area contributed by atoms with Crippen LogP contribution in [0.3, 0.4) is 0 Å². The average molecular weight is 523 g/mol. The summed E-state index contributed by atoms with van der Waals surface area (Å²) < 4.78 is 18.9. The maximum atomic E-state index is 12.8. The number of piperidine rings is 2. The molecule has 2 aromatic heterocycles. The molecule has 4 aliphatic rings. The Labute approximate surface area is 219 Å². The maximum absolute atomic E-state index is 12.8. The minimum absolute atomic E-state index is 0.0927. The molecule has 0 aromatic carbocycles. The molecule has 3 aliphatic heterocycles. The van der Waals surface area contributed by atoms with Gasteiger partial charge in [0.25, 0.3) is 0 Å². The van der Waals surface area contributed by atoms with Crippen LogP contribution in [0.4, 0.5) is 11.8 Å². The van der Waals surface area contributed by atoms with E-state index in [-0.39, 0.29) is 17.9 Å². The predicted octanol–water partition coefficient (Wildman–Crippen LogP) is 3.59. The summed E-state index contributed by atoms with van der Waals surface area (Å²) in [7, 11) is 0.738. The van der Waals surface area contributed by atoms with Crippen LogP contribution in [-0.4, -0.2) is 68.4 Å². The molecule has 9 nitrogen and oxygen atoms in total. The Balaban J connectivity index is 1.17. The normalized spacial score (nSPS) is 24.4. The van der Waals surface area contributed by atoms with E-state index in [1.54, 1.807) is 4.90 Å². The fourth-order valence-electron chi connectivity index (χ4n) is 5.76. The summed E-state index contributed by atoms with van der Waals surface area (Å²) in [4.78, 5) is 31.3. The number of amides is 1. The lowest BCUT2D eigenvalue weighted by molar-refractivity contribution is -0.132. The summed E-state index contributed by atoms with van der Waals surface area (Å²) in [6.07, 6.45) is 12.3. The van der Waals surface area contributed by atoms with Gasteiger partial charge in [0.15, 0.2) is 5.89 Å². The Bertz CT molecular complexity index is 1290. The molecule has 2 aromatic rings. The fraction of sp³-hybridized carbons (Fsp3) is 0.556. The number of likely N-dealkylation sites (tertiary alicyclic amines) is 1. The third-order valence-corrected chi connectivity index (χ3v) is 9.36. The topological polar surface area (TPSA) is 104 Å². The molecule has 37 heavy (non-hydrogen) atoms. The molecule has 1 unspecified atom stereocenters. The molecule has 6 rings (SSSR count). The first kappa shape index (κ1) is 24.3. The molecule has 2 saturated heterocycles. The van der Waals surface area contributed by atoms with E-state index < -0.39 is 10.8 Å². The number of carbonyl (C=O) groups excluding carboxylic acids is 1. The van der Waals surface area contributed by atoms with Gasteiger partial charge in [-0.15, -0.1) is 0 Å². The minimum Gasteiger partial charge on any atom is -0.445 e. The summed E-state index contributed by atoms with van der Waals surface area (Å²) in [6.45, 7) is 4.26. The van der Waals surface area contributed by atoms with Crippen molar-refractivity contribution in [3.8, 4) is 0 Å². The Morgan fingerprint density at radius 1 is 1.11 bits per heavy atom. The zero-order valence-corrected chi connectivity index (χ0v) is 22.4. The second-order valence-corrected chi connectivity index (χ2v) is 12.0. The van der Waals surface area contributed by atoms with Crippen LogP contribution in [-0.2, 0) is 22.0 Å². The van der Waals surface area contributed by atoms with E-state index in [1.807, 2.05) is 14.0 Å². The lowest BCUT2D eigenvalue weighted by Crippen LogP contribution is -2.43. The summed E-state index contributed by atoms with van der Waals surface area (Å²) in [5.41, 5.74) is 3.14. The van der Waals surface area contributed by atoms with Gasteiger partial charge in [-0.3, -0.25) is 9.00 Å². The number of aryl methyl sites for hydroxylation is 2. The van der Waals surface area contributed by atoms with Gasteiger partial charge in [-0.25, -0.2) is 9.97 Å². The second kappa shape index (κ2) is 10.0. The Morgan fingerprint density at radius 2 is 1.95 bits per heavy atom. The van der Waals surface area contributed by atoms with Crippen molar-refractivity contribution in [1.82, 2.24) is 19.9 Å². The summed E-state index contributed by atoms with van der Waals surface area (Å²) >= 11 is 0. The van der Waals surface area contributed by atoms with Crippen molar-refractivity contribution in [2.45, 2.75) is 68.7 Å². The zero-order chi connectivity index (χ0) is 25.5. The van der Waals surface area contributed by atoms with Crippen LogP contribution in [0.5, 0.6) is 0 Å². The summed E-state index contributed by atoms with van der Waals surface area (Å²) in [5, 5.41) is 3.52. The van der Waals surface area contributed by atoms with Crippen molar-refractivity contribution in [2.24, 2.45) is 0 Å². The molecular formula is C27H34N6O3S. The molecule has 0 spiro atoms. The van der Waals surface area contributed by atoms with Crippen molar-refractivity contribution >= 4 is 34.0 Å². The standard InChI is InChI=1S/C27H34N6O3S/c1-17-23(18-6-4-3-5-7-18)30-26(36-17)19-10-13-33(14-11-19)27-29-21-12-15-37(35)24(21)25(31-27)28-20-8-9-22(34)32(2)16-20/h3-4,6,19-20H,5,7-16H2,1-2H3,(H,28,29,31)/t20-,37?/m0/s1. The molecule has 2 fully saturated rings. The highest BCUT2D eigenvalue weighted by molar-refractivity contribution is 7.85. The number of rotatable bonds is 5. The summed E-state index contributed by atoms with van der Waals surface area (Å²) in [5.74, 6) is 4.14. The van der Waals surface area contributed by atoms with Crippen molar-refractivity contribution in [3.63, 3.8) is 0 Å². The molecule has 5 heterocycles. The number of carbonyl (C=O) groups is 1. The van der Waals surface area contributed by atoms with Gasteiger partial charge in [-0.05, 0) is 44.6 Å². The zero-order valence-electron chi connectivity index (χ0n) is 21.5. The van der Waals surface area contributed by atoms with Gasteiger partial charge in [-0.1, -0.05) is 18.2 Å². The summed E-state index contributed by atoms with van der Waals surface area (Å²) in [6, 6.07) is 0.0927. The van der Waals surface area contributed by atoms with E-state index in [0.29, 0.717) is 36.9 Å². The van der Waals surface area contributed by atoms with Gasteiger partial charge in [-0.2, -0.15) is 4.98 Å². The average Bonchev–Trinajstić information content (AvgIpc) is 3.49. The molecule has 196 valence electrons. The van der Waals surface area contributed by atoms with Crippen molar-refractivity contribution in [1.29, 1.82) is 0 Å². The number of hydrogen-bond donors (Lipinski definition) is 1. The Morgan fingerprint density at radius 3 is 2.70 bits per heavy atom. The quantitative estimate of drug-likeness (QED) is 0.635. The molecule has 10 heteroatoms. The first-order valence-electron chi connectivity index (χ1n) is 13.3. The number of anilines is 2. The van der Waals surface area contributed by atoms with E-state index in [0.717, 1.165) is 73.1 Å². The number of fused-ring (bicyclic) bond motifs is 1.